The average molecular weight is 386 g/mol. The van der Waals surface area contributed by atoms with E-state index in [9.17, 15) is 4.21 Å². The third-order valence-corrected chi connectivity index (χ3v) is 6.54. The summed E-state index contributed by atoms with van der Waals surface area (Å²) >= 11 is 0. The van der Waals surface area contributed by atoms with Crippen LogP contribution < -0.4 is 10.6 Å². The molecule has 144 valence electrons. The lowest BCUT2D eigenvalue weighted by atomic mass is 9.95. The molecular formula is C20H27N5OS. The van der Waals surface area contributed by atoms with Crippen molar-refractivity contribution in [3.05, 3.63) is 30.1 Å². The SMILES string of the molecule is CS(=O)C1CCNC1.N#Cc1ccc2ncnc(NC3CCCCC3)c2c1. The predicted molar refractivity (Wildman–Crippen MR) is 110 cm³/mol. The first kappa shape index (κ1) is 19.7. The highest BCUT2D eigenvalue weighted by atomic mass is 32.2. The molecule has 1 aromatic carbocycles. The van der Waals surface area contributed by atoms with Gasteiger partial charge in [0.1, 0.15) is 12.1 Å². The van der Waals surface area contributed by atoms with Gasteiger partial charge < -0.3 is 10.6 Å². The summed E-state index contributed by atoms with van der Waals surface area (Å²) in [6.45, 7) is 1.99. The van der Waals surface area contributed by atoms with Gasteiger partial charge >= 0.3 is 0 Å². The molecule has 1 saturated carbocycles. The van der Waals surface area contributed by atoms with E-state index in [0.29, 0.717) is 16.9 Å². The Morgan fingerprint density at radius 1 is 1.22 bits per heavy atom. The maximum Gasteiger partial charge on any atom is 0.137 e. The van der Waals surface area contributed by atoms with Gasteiger partial charge in [-0.25, -0.2) is 9.97 Å². The van der Waals surface area contributed by atoms with Crippen molar-refractivity contribution in [3.8, 4) is 6.07 Å². The van der Waals surface area contributed by atoms with Gasteiger partial charge in [-0.2, -0.15) is 5.26 Å². The van der Waals surface area contributed by atoms with Gasteiger partial charge in [0.25, 0.3) is 0 Å². The van der Waals surface area contributed by atoms with Gasteiger partial charge in [-0.1, -0.05) is 19.3 Å². The van der Waals surface area contributed by atoms with Crippen LogP contribution in [0.15, 0.2) is 24.5 Å². The summed E-state index contributed by atoms with van der Waals surface area (Å²) in [5, 5.41) is 17.0. The number of nitrogens with zero attached hydrogens (tertiary/aromatic N) is 3. The summed E-state index contributed by atoms with van der Waals surface area (Å²) in [7, 11) is -0.603. The van der Waals surface area contributed by atoms with Gasteiger partial charge in [0.15, 0.2) is 0 Å². The highest BCUT2D eigenvalue weighted by Gasteiger charge is 2.17. The quantitative estimate of drug-likeness (QED) is 0.844. The van der Waals surface area contributed by atoms with Crippen LogP contribution in [0.3, 0.4) is 0 Å². The van der Waals surface area contributed by atoms with Crippen LogP contribution in [0.4, 0.5) is 5.82 Å². The molecule has 2 N–H and O–H groups in total. The summed E-state index contributed by atoms with van der Waals surface area (Å²) < 4.78 is 10.7. The standard InChI is InChI=1S/C15H16N4.C5H11NOS/c16-9-11-6-7-14-13(8-11)15(18-10-17-14)19-12-4-2-1-3-5-12;1-8(7)5-2-3-6-4-5/h6-8,10,12H,1-5H2,(H,17,18,19);5-6H,2-4H2,1H3. The number of hydrogen-bond acceptors (Lipinski definition) is 6. The molecule has 1 aromatic heterocycles. The minimum Gasteiger partial charge on any atom is -0.367 e. The molecule has 6 nitrogen and oxygen atoms in total. The normalized spacial score (nSPS) is 21.1. The number of benzene rings is 1. The van der Waals surface area contributed by atoms with Gasteiger partial charge in [-0.3, -0.25) is 4.21 Å². The molecule has 2 fully saturated rings. The molecule has 1 saturated heterocycles. The third kappa shape index (κ3) is 5.47. The Morgan fingerprint density at radius 3 is 2.67 bits per heavy atom. The van der Waals surface area contributed by atoms with Crippen molar-refractivity contribution in [3.63, 3.8) is 0 Å². The van der Waals surface area contributed by atoms with Crippen molar-refractivity contribution in [2.45, 2.75) is 49.8 Å². The van der Waals surface area contributed by atoms with Crippen molar-refractivity contribution in [2.24, 2.45) is 0 Å². The van der Waals surface area contributed by atoms with Crippen molar-refractivity contribution in [1.82, 2.24) is 15.3 Å². The second-order valence-corrected chi connectivity index (χ2v) is 8.82. The van der Waals surface area contributed by atoms with Crippen molar-refractivity contribution >= 4 is 27.5 Å². The number of nitrogens with one attached hydrogen (secondary N) is 2. The largest absolute Gasteiger partial charge is 0.367 e. The highest BCUT2D eigenvalue weighted by molar-refractivity contribution is 7.84. The van der Waals surface area contributed by atoms with Gasteiger partial charge in [-0.05, 0) is 44.0 Å². The molecule has 1 aliphatic carbocycles. The summed E-state index contributed by atoms with van der Waals surface area (Å²) in [5.41, 5.74) is 1.53. The van der Waals surface area contributed by atoms with Crippen LogP contribution in [-0.2, 0) is 10.8 Å². The zero-order valence-corrected chi connectivity index (χ0v) is 16.6. The second kappa shape index (κ2) is 9.77. The van der Waals surface area contributed by atoms with Gasteiger partial charge in [-0.15, -0.1) is 0 Å². The molecule has 1 aliphatic heterocycles. The first-order valence-corrected chi connectivity index (χ1v) is 11.2. The molecule has 7 heteroatoms. The molecule has 27 heavy (non-hydrogen) atoms. The summed E-state index contributed by atoms with van der Waals surface area (Å²) in [6, 6.07) is 8.19. The van der Waals surface area contributed by atoms with Crippen molar-refractivity contribution < 1.29 is 4.21 Å². The van der Waals surface area contributed by atoms with Crippen molar-refractivity contribution in [2.75, 3.05) is 24.7 Å². The molecule has 0 bridgehead atoms. The van der Waals surface area contributed by atoms with E-state index in [-0.39, 0.29) is 0 Å². The van der Waals surface area contributed by atoms with E-state index < -0.39 is 10.8 Å². The van der Waals surface area contributed by atoms with E-state index in [1.165, 1.54) is 32.1 Å². The maximum absolute atomic E-state index is 10.7. The number of fused-ring (bicyclic) bond motifs is 1. The molecule has 2 aromatic rings. The van der Waals surface area contributed by atoms with Crippen LogP contribution in [-0.4, -0.2) is 44.8 Å². The third-order valence-electron chi connectivity index (χ3n) is 5.19. The van der Waals surface area contributed by atoms with E-state index in [0.717, 1.165) is 36.2 Å². The molecule has 4 rings (SSSR count). The van der Waals surface area contributed by atoms with Crippen LogP contribution in [0.2, 0.25) is 0 Å². The van der Waals surface area contributed by atoms with Gasteiger partial charge in [0.05, 0.1) is 17.1 Å². The maximum atomic E-state index is 10.7. The highest BCUT2D eigenvalue weighted by Crippen LogP contribution is 2.25. The van der Waals surface area contributed by atoms with E-state index >= 15 is 0 Å². The van der Waals surface area contributed by atoms with Crippen LogP contribution in [0.5, 0.6) is 0 Å². The van der Waals surface area contributed by atoms with E-state index in [1.807, 2.05) is 12.1 Å². The van der Waals surface area contributed by atoms with Gasteiger partial charge in [0, 0.05) is 40.3 Å². The van der Waals surface area contributed by atoms with Crippen LogP contribution in [0.25, 0.3) is 10.9 Å². The Kier molecular flexibility index (Phi) is 7.13. The number of anilines is 1. The lowest BCUT2D eigenvalue weighted by molar-refractivity contribution is 0.462. The Labute approximate surface area is 163 Å². The summed E-state index contributed by atoms with van der Waals surface area (Å²) in [6.07, 6.45) is 10.7. The van der Waals surface area contributed by atoms with Gasteiger partial charge in [0.2, 0.25) is 0 Å². The molecule has 2 heterocycles. The Hall–Kier alpha value is -2.04. The topological polar surface area (TPSA) is 90.7 Å². The fourth-order valence-corrected chi connectivity index (χ4v) is 4.40. The van der Waals surface area contributed by atoms with E-state index in [4.69, 9.17) is 5.26 Å². The van der Waals surface area contributed by atoms with Crippen molar-refractivity contribution in [1.29, 1.82) is 5.26 Å². The second-order valence-electron chi connectivity index (χ2n) is 7.16. The van der Waals surface area contributed by atoms with E-state index in [1.54, 1.807) is 18.6 Å². The minimum atomic E-state index is -0.603. The lowest BCUT2D eigenvalue weighted by Crippen LogP contribution is -2.23. The predicted octanol–water partition coefficient (Wildman–Crippen LogP) is 2.97. The summed E-state index contributed by atoms with van der Waals surface area (Å²) in [4.78, 5) is 8.59. The summed E-state index contributed by atoms with van der Waals surface area (Å²) in [5.74, 6) is 0.856. The molecule has 2 atom stereocenters. The monoisotopic (exact) mass is 385 g/mol. The number of rotatable bonds is 3. The fourth-order valence-electron chi connectivity index (χ4n) is 3.59. The molecule has 0 spiro atoms. The molecule has 0 amide bonds. The number of hydrogen-bond donors (Lipinski definition) is 2. The number of aromatic nitrogens is 2. The molecular weight excluding hydrogens is 358 g/mol. The first-order chi connectivity index (χ1) is 13.2. The van der Waals surface area contributed by atoms with Crippen LogP contribution in [0, 0.1) is 11.3 Å². The minimum absolute atomic E-state index is 0.426. The van der Waals surface area contributed by atoms with Crippen LogP contribution in [0.1, 0.15) is 44.1 Å². The smallest absolute Gasteiger partial charge is 0.137 e. The molecule has 2 unspecified atom stereocenters. The zero-order valence-electron chi connectivity index (χ0n) is 15.8. The lowest BCUT2D eigenvalue weighted by Gasteiger charge is -2.23. The Bertz CT molecular complexity index is 823. The molecule has 0 radical (unpaired) electrons. The number of nitriles is 1. The van der Waals surface area contributed by atoms with Crippen LogP contribution >= 0.6 is 0 Å². The Morgan fingerprint density at radius 2 is 2.04 bits per heavy atom. The average Bonchev–Trinajstić information content (AvgIpc) is 3.24. The zero-order chi connectivity index (χ0) is 19.1. The first-order valence-electron chi connectivity index (χ1n) is 9.61. The molecule has 2 aliphatic rings. The van der Waals surface area contributed by atoms with E-state index in [2.05, 4.69) is 26.7 Å². The Balaban J connectivity index is 0.000000221. The fraction of sp³-hybridized carbons (Fsp3) is 0.550.